The summed E-state index contributed by atoms with van der Waals surface area (Å²) in [6.45, 7) is 3.79. The fraction of sp³-hybridized carbons (Fsp3) is 0.0811. The number of hydrogen-bond donors (Lipinski definition) is 3. The molecule has 7 nitrogen and oxygen atoms in total. The second-order valence-corrected chi connectivity index (χ2v) is 12.6. The quantitative estimate of drug-likeness (QED) is 0.105. The molecular formula is C37H30N4O3S2. The van der Waals surface area contributed by atoms with Crippen molar-refractivity contribution in [2.75, 3.05) is 10.6 Å². The van der Waals surface area contributed by atoms with Crippen molar-refractivity contribution in [3.63, 3.8) is 0 Å². The number of carbonyl (C=O) groups is 3. The molecule has 46 heavy (non-hydrogen) atoms. The predicted molar refractivity (Wildman–Crippen MR) is 187 cm³/mol. The number of hydrogen-bond acceptors (Lipinski definition) is 6. The van der Waals surface area contributed by atoms with Crippen molar-refractivity contribution in [2.24, 2.45) is 0 Å². The molecule has 1 unspecified atom stereocenters. The number of nitrogens with one attached hydrogen (secondary N) is 3. The molecule has 228 valence electrons. The van der Waals surface area contributed by atoms with Crippen LogP contribution in [0.3, 0.4) is 0 Å². The summed E-state index contributed by atoms with van der Waals surface area (Å²) < 4.78 is 0. The van der Waals surface area contributed by atoms with Gasteiger partial charge < -0.3 is 16.0 Å². The van der Waals surface area contributed by atoms with Gasteiger partial charge in [-0.3, -0.25) is 14.4 Å². The van der Waals surface area contributed by atoms with Crippen LogP contribution in [-0.4, -0.2) is 23.0 Å². The summed E-state index contributed by atoms with van der Waals surface area (Å²) in [4.78, 5) is 40.3. The van der Waals surface area contributed by atoms with E-state index in [1.165, 1.54) is 23.1 Å². The average Bonchev–Trinajstić information content (AvgIpc) is 3.48. The molecule has 0 saturated carbocycles. The zero-order chi connectivity index (χ0) is 32.5. The van der Waals surface area contributed by atoms with Crippen LogP contribution in [0.15, 0.2) is 125 Å². The molecule has 0 bridgehead atoms. The smallest absolute Gasteiger partial charge is 0.272 e. The van der Waals surface area contributed by atoms with Crippen molar-refractivity contribution in [1.82, 2.24) is 5.32 Å². The van der Waals surface area contributed by atoms with Gasteiger partial charge in [-0.15, -0.1) is 23.1 Å². The Hall–Kier alpha value is -5.43. The summed E-state index contributed by atoms with van der Waals surface area (Å²) in [7, 11) is 0. The van der Waals surface area contributed by atoms with E-state index >= 15 is 0 Å². The van der Waals surface area contributed by atoms with Crippen LogP contribution in [0.2, 0.25) is 0 Å². The highest BCUT2D eigenvalue weighted by Crippen LogP contribution is 2.36. The van der Waals surface area contributed by atoms with E-state index in [2.05, 4.69) is 22.0 Å². The minimum Gasteiger partial charge on any atom is -0.321 e. The number of nitriles is 1. The van der Waals surface area contributed by atoms with Crippen LogP contribution in [0.1, 0.15) is 34.0 Å². The van der Waals surface area contributed by atoms with Gasteiger partial charge in [0.15, 0.2) is 0 Å². The van der Waals surface area contributed by atoms with Crippen LogP contribution >= 0.6 is 23.1 Å². The van der Waals surface area contributed by atoms with Gasteiger partial charge in [0.05, 0.1) is 10.8 Å². The lowest BCUT2D eigenvalue weighted by Gasteiger charge is -2.14. The molecule has 1 aromatic heterocycles. The normalized spacial score (nSPS) is 11.6. The van der Waals surface area contributed by atoms with E-state index in [4.69, 9.17) is 0 Å². The minimum atomic E-state index is -0.499. The van der Waals surface area contributed by atoms with E-state index < -0.39 is 17.1 Å². The lowest BCUT2D eigenvalue weighted by molar-refractivity contribution is -0.115. The zero-order valence-corrected chi connectivity index (χ0v) is 26.7. The molecule has 3 N–H and O–H groups in total. The Bertz CT molecular complexity index is 1930. The number of aryl methyl sites for hydroxylation is 1. The molecule has 1 atom stereocenters. The Morgan fingerprint density at radius 1 is 0.870 bits per heavy atom. The maximum atomic E-state index is 13.4. The van der Waals surface area contributed by atoms with Crippen molar-refractivity contribution in [3.05, 3.63) is 143 Å². The van der Waals surface area contributed by atoms with Crippen molar-refractivity contribution >= 4 is 57.6 Å². The number of thioether (sulfide) groups is 1. The minimum absolute atomic E-state index is 0.0834. The molecule has 0 aliphatic carbocycles. The SMILES string of the molecule is Cc1ccc(-c2csc(NC(=O)C(C)Sc3cccc(NC(=O)/C(=C/c4ccccc4)NC(=O)c4ccccc4)c3)c2C#N)cc1. The Morgan fingerprint density at radius 2 is 1.57 bits per heavy atom. The van der Waals surface area contributed by atoms with Crippen LogP contribution in [0, 0.1) is 18.3 Å². The third-order valence-corrected chi connectivity index (χ3v) is 8.90. The van der Waals surface area contributed by atoms with E-state index in [9.17, 15) is 19.6 Å². The van der Waals surface area contributed by atoms with E-state index in [0.29, 0.717) is 21.8 Å². The topological polar surface area (TPSA) is 111 Å². The molecule has 4 aromatic carbocycles. The summed E-state index contributed by atoms with van der Waals surface area (Å²) in [5, 5.41) is 20.3. The Balaban J connectivity index is 1.27. The number of carbonyl (C=O) groups excluding carboxylic acids is 3. The van der Waals surface area contributed by atoms with Crippen molar-refractivity contribution in [3.8, 4) is 17.2 Å². The fourth-order valence-electron chi connectivity index (χ4n) is 4.48. The number of amides is 3. The number of rotatable bonds is 10. The first-order valence-electron chi connectivity index (χ1n) is 14.4. The zero-order valence-electron chi connectivity index (χ0n) is 25.1. The van der Waals surface area contributed by atoms with Gasteiger partial charge >= 0.3 is 0 Å². The van der Waals surface area contributed by atoms with Gasteiger partial charge in [0.2, 0.25) is 5.91 Å². The molecule has 1 heterocycles. The van der Waals surface area contributed by atoms with Crippen LogP contribution < -0.4 is 16.0 Å². The molecule has 0 fully saturated rings. The highest BCUT2D eigenvalue weighted by molar-refractivity contribution is 8.00. The molecule has 0 radical (unpaired) electrons. The molecule has 0 saturated heterocycles. The summed E-state index contributed by atoms with van der Waals surface area (Å²) in [5.41, 5.74) is 5.02. The molecule has 0 aliphatic rings. The van der Waals surface area contributed by atoms with Gasteiger partial charge in [-0.25, -0.2) is 0 Å². The molecule has 0 aliphatic heterocycles. The first kappa shape index (κ1) is 32.0. The standard InChI is InChI=1S/C37H30N4O3S2/c1-24-16-18-27(19-17-24)32-23-45-37(31(32)22-38)41-34(42)25(2)46-30-15-9-14-29(21-30)39-36(44)33(20-26-10-5-3-6-11-26)40-35(43)28-12-7-4-8-13-28/h3-21,23,25H,1-2H3,(H,39,44)(H,40,43)(H,41,42)/b33-20-. The van der Waals surface area contributed by atoms with Gasteiger partial charge in [0, 0.05) is 27.1 Å². The third kappa shape index (κ3) is 8.18. The molecule has 5 rings (SSSR count). The average molecular weight is 643 g/mol. The van der Waals surface area contributed by atoms with Gasteiger partial charge in [-0.2, -0.15) is 5.26 Å². The molecule has 3 amide bonds. The molecule has 9 heteroatoms. The number of anilines is 2. The second kappa shape index (κ2) is 15.0. The fourth-order valence-corrected chi connectivity index (χ4v) is 6.33. The van der Waals surface area contributed by atoms with Crippen LogP contribution in [-0.2, 0) is 9.59 Å². The number of thiophene rings is 1. The van der Waals surface area contributed by atoms with E-state index in [0.717, 1.165) is 27.1 Å². The molecule has 5 aromatic rings. The molecule has 0 spiro atoms. The maximum Gasteiger partial charge on any atom is 0.272 e. The van der Waals surface area contributed by atoms with Gasteiger partial charge in [0.25, 0.3) is 11.8 Å². The van der Waals surface area contributed by atoms with Gasteiger partial charge in [0.1, 0.15) is 16.8 Å². The summed E-state index contributed by atoms with van der Waals surface area (Å²) in [6, 6.07) is 35.2. The lowest BCUT2D eigenvalue weighted by atomic mass is 10.0. The maximum absolute atomic E-state index is 13.4. The number of benzene rings is 4. The van der Waals surface area contributed by atoms with Gasteiger partial charge in [-0.1, -0.05) is 84.4 Å². The summed E-state index contributed by atoms with van der Waals surface area (Å²) in [5.74, 6) is -1.14. The Labute approximate surface area is 276 Å². The largest absolute Gasteiger partial charge is 0.321 e. The van der Waals surface area contributed by atoms with Crippen molar-refractivity contribution in [2.45, 2.75) is 24.0 Å². The van der Waals surface area contributed by atoms with Crippen LogP contribution in [0.4, 0.5) is 10.7 Å². The van der Waals surface area contributed by atoms with E-state index in [-0.39, 0.29) is 11.6 Å². The highest BCUT2D eigenvalue weighted by Gasteiger charge is 2.20. The van der Waals surface area contributed by atoms with Crippen LogP contribution in [0.5, 0.6) is 0 Å². The first-order chi connectivity index (χ1) is 22.3. The van der Waals surface area contributed by atoms with Crippen LogP contribution in [0.25, 0.3) is 17.2 Å². The Kier molecular flexibility index (Phi) is 10.5. The first-order valence-corrected chi connectivity index (χ1v) is 16.2. The van der Waals surface area contributed by atoms with Crippen molar-refractivity contribution < 1.29 is 14.4 Å². The lowest BCUT2D eigenvalue weighted by Crippen LogP contribution is -2.30. The highest BCUT2D eigenvalue weighted by atomic mass is 32.2. The van der Waals surface area contributed by atoms with Gasteiger partial charge in [-0.05, 0) is 61.4 Å². The predicted octanol–water partition coefficient (Wildman–Crippen LogP) is 8.12. The Morgan fingerprint density at radius 3 is 2.26 bits per heavy atom. The molecular weight excluding hydrogens is 613 g/mol. The summed E-state index contributed by atoms with van der Waals surface area (Å²) in [6.07, 6.45) is 1.62. The summed E-state index contributed by atoms with van der Waals surface area (Å²) >= 11 is 2.64. The van der Waals surface area contributed by atoms with E-state index in [1.807, 2.05) is 79.0 Å². The van der Waals surface area contributed by atoms with E-state index in [1.54, 1.807) is 55.5 Å². The monoisotopic (exact) mass is 642 g/mol. The number of nitrogens with zero attached hydrogens (tertiary/aromatic N) is 1. The third-order valence-electron chi connectivity index (χ3n) is 6.92. The van der Waals surface area contributed by atoms with Crippen molar-refractivity contribution in [1.29, 1.82) is 5.26 Å². The second-order valence-electron chi connectivity index (χ2n) is 10.4.